The molecule has 0 saturated heterocycles. The lowest BCUT2D eigenvalue weighted by molar-refractivity contribution is -0.139. The summed E-state index contributed by atoms with van der Waals surface area (Å²) in [4.78, 5) is 34.2. The maximum Gasteiger partial charge on any atom is 0.326 e. The van der Waals surface area contributed by atoms with Gasteiger partial charge in [-0.05, 0) is 20.3 Å². The van der Waals surface area contributed by atoms with Crippen LogP contribution in [0.5, 0.6) is 0 Å². The first-order valence-electron chi connectivity index (χ1n) is 6.74. The molecule has 0 aromatic rings. The minimum Gasteiger partial charge on any atom is -0.480 e. The van der Waals surface area contributed by atoms with Crippen LogP contribution in [-0.4, -0.2) is 42.6 Å². The van der Waals surface area contributed by atoms with E-state index in [4.69, 9.17) is 5.11 Å². The average Bonchev–Trinajstić information content (AvgIpc) is 2.39. The fourth-order valence-corrected chi connectivity index (χ4v) is 1.59. The maximum absolute atomic E-state index is 11.7. The Morgan fingerprint density at radius 3 is 2.30 bits per heavy atom. The number of aliphatic carboxylic acids is 1. The fourth-order valence-electron chi connectivity index (χ4n) is 1.59. The molecule has 0 fully saturated rings. The molecule has 0 aliphatic rings. The van der Waals surface area contributed by atoms with Gasteiger partial charge in [0.1, 0.15) is 6.04 Å². The largest absolute Gasteiger partial charge is 0.480 e. The van der Waals surface area contributed by atoms with Gasteiger partial charge in [-0.2, -0.15) is 0 Å². The number of carboxylic acid groups (broad SMARTS) is 1. The summed E-state index contributed by atoms with van der Waals surface area (Å²) in [6, 6.07) is -1.48. The highest BCUT2D eigenvalue weighted by Gasteiger charge is 2.27. The van der Waals surface area contributed by atoms with Gasteiger partial charge >= 0.3 is 12.0 Å². The number of carboxylic acids is 1. The minimum absolute atomic E-state index is 0.124. The number of urea groups is 1. The lowest BCUT2D eigenvalue weighted by Gasteiger charge is -2.23. The van der Waals surface area contributed by atoms with Crippen molar-refractivity contribution in [2.45, 2.75) is 46.1 Å². The molecule has 116 valence electrons. The number of nitrogens with one attached hydrogen (secondary N) is 3. The van der Waals surface area contributed by atoms with Gasteiger partial charge in [0.2, 0.25) is 5.91 Å². The summed E-state index contributed by atoms with van der Waals surface area (Å²) in [7, 11) is 1.52. The predicted molar refractivity (Wildman–Crippen MR) is 75.3 cm³/mol. The molecular formula is C13H25N3O4. The Kier molecular flexibility index (Phi) is 7.64. The summed E-state index contributed by atoms with van der Waals surface area (Å²) in [5, 5.41) is 16.4. The quantitative estimate of drug-likeness (QED) is 0.527. The van der Waals surface area contributed by atoms with Crippen molar-refractivity contribution in [2.24, 2.45) is 5.41 Å². The van der Waals surface area contributed by atoms with Crippen molar-refractivity contribution in [3.63, 3.8) is 0 Å². The molecule has 7 nitrogen and oxygen atoms in total. The molecule has 0 aromatic carbocycles. The molecule has 0 heterocycles. The number of hydrogen-bond acceptors (Lipinski definition) is 3. The Morgan fingerprint density at radius 2 is 1.85 bits per heavy atom. The van der Waals surface area contributed by atoms with Gasteiger partial charge in [-0.1, -0.05) is 19.8 Å². The Balaban J connectivity index is 4.33. The molecule has 0 aliphatic heterocycles. The topological polar surface area (TPSA) is 108 Å². The molecule has 20 heavy (non-hydrogen) atoms. The van der Waals surface area contributed by atoms with Crippen LogP contribution < -0.4 is 16.0 Å². The maximum atomic E-state index is 11.7. The second-order valence-electron chi connectivity index (χ2n) is 5.32. The van der Waals surface area contributed by atoms with Crippen molar-refractivity contribution >= 4 is 17.9 Å². The zero-order valence-electron chi connectivity index (χ0n) is 12.6. The zero-order valence-corrected chi connectivity index (χ0v) is 12.6. The third kappa shape index (κ3) is 6.40. The molecular weight excluding hydrogens is 262 g/mol. The van der Waals surface area contributed by atoms with Gasteiger partial charge in [-0.15, -0.1) is 0 Å². The number of rotatable bonds is 8. The van der Waals surface area contributed by atoms with Crippen molar-refractivity contribution in [1.82, 2.24) is 16.0 Å². The standard InChI is InChI=1S/C13H25N3O4/c1-5-6-7-9(10(17)18)16-12(20)15-8-13(2,3)11(19)14-4/h9H,5-8H2,1-4H3,(H,14,19)(H,17,18)(H2,15,16,20). The Bertz CT molecular complexity index is 356. The van der Waals surface area contributed by atoms with E-state index < -0.39 is 23.5 Å². The van der Waals surface area contributed by atoms with Crippen molar-refractivity contribution in [1.29, 1.82) is 0 Å². The number of hydrogen-bond donors (Lipinski definition) is 4. The third-order valence-electron chi connectivity index (χ3n) is 2.98. The predicted octanol–water partition coefficient (Wildman–Crippen LogP) is 0.701. The van der Waals surface area contributed by atoms with Gasteiger partial charge in [-0.3, -0.25) is 4.79 Å². The summed E-state index contributed by atoms with van der Waals surface area (Å²) >= 11 is 0. The molecule has 7 heteroatoms. The smallest absolute Gasteiger partial charge is 0.326 e. The van der Waals surface area contributed by atoms with Gasteiger partial charge in [0.15, 0.2) is 0 Å². The normalized spacial score (nSPS) is 12.4. The second kappa shape index (κ2) is 8.39. The van der Waals surface area contributed by atoms with Crippen LogP contribution in [0.3, 0.4) is 0 Å². The van der Waals surface area contributed by atoms with E-state index >= 15 is 0 Å². The van der Waals surface area contributed by atoms with E-state index in [9.17, 15) is 14.4 Å². The summed E-state index contributed by atoms with van der Waals surface area (Å²) in [6.45, 7) is 5.46. The molecule has 0 bridgehead atoms. The van der Waals surface area contributed by atoms with Crippen LogP contribution in [-0.2, 0) is 9.59 Å². The van der Waals surface area contributed by atoms with Crippen LogP contribution in [0.2, 0.25) is 0 Å². The molecule has 0 radical (unpaired) electrons. The summed E-state index contributed by atoms with van der Waals surface area (Å²) in [6.07, 6.45) is 1.97. The van der Waals surface area contributed by atoms with E-state index in [2.05, 4.69) is 16.0 Å². The first-order chi connectivity index (χ1) is 9.24. The number of carbonyl (C=O) groups excluding carboxylic acids is 2. The molecule has 0 aromatic heterocycles. The number of unbranched alkanes of at least 4 members (excludes halogenated alkanes) is 1. The first kappa shape index (κ1) is 18.2. The molecule has 1 atom stereocenters. The SMILES string of the molecule is CCCCC(NC(=O)NCC(C)(C)C(=O)NC)C(=O)O. The molecule has 0 rings (SSSR count). The Morgan fingerprint density at radius 1 is 1.25 bits per heavy atom. The van der Waals surface area contributed by atoms with Crippen molar-refractivity contribution < 1.29 is 19.5 Å². The molecule has 0 spiro atoms. The Hall–Kier alpha value is -1.79. The highest BCUT2D eigenvalue weighted by Crippen LogP contribution is 2.12. The lowest BCUT2D eigenvalue weighted by Crippen LogP contribution is -2.50. The van der Waals surface area contributed by atoms with Gasteiger partial charge in [0.25, 0.3) is 0 Å². The fraction of sp³-hybridized carbons (Fsp3) is 0.769. The highest BCUT2D eigenvalue weighted by molar-refractivity contribution is 5.84. The number of amides is 3. The van der Waals surface area contributed by atoms with E-state index in [1.807, 2.05) is 6.92 Å². The second-order valence-corrected chi connectivity index (χ2v) is 5.32. The van der Waals surface area contributed by atoms with Crippen molar-refractivity contribution in [3.8, 4) is 0 Å². The summed E-state index contributed by atoms with van der Waals surface area (Å²) in [5.74, 6) is -1.25. The Labute approximate surface area is 119 Å². The molecule has 3 amide bonds. The van der Waals surface area contributed by atoms with Crippen molar-refractivity contribution in [3.05, 3.63) is 0 Å². The van der Waals surface area contributed by atoms with Crippen LogP contribution in [0.25, 0.3) is 0 Å². The zero-order chi connectivity index (χ0) is 15.8. The van der Waals surface area contributed by atoms with Gasteiger partial charge in [-0.25, -0.2) is 9.59 Å². The van der Waals surface area contributed by atoms with Crippen LogP contribution in [0.4, 0.5) is 4.79 Å². The number of carbonyl (C=O) groups is 3. The van der Waals surface area contributed by atoms with Crippen LogP contribution >= 0.6 is 0 Å². The summed E-state index contributed by atoms with van der Waals surface area (Å²) < 4.78 is 0. The third-order valence-corrected chi connectivity index (χ3v) is 2.98. The van der Waals surface area contributed by atoms with E-state index in [0.717, 1.165) is 12.8 Å². The molecule has 0 aliphatic carbocycles. The summed E-state index contributed by atoms with van der Waals surface area (Å²) in [5.41, 5.74) is -0.756. The molecule has 0 saturated carbocycles. The van der Waals surface area contributed by atoms with Crippen molar-refractivity contribution in [2.75, 3.05) is 13.6 Å². The van der Waals surface area contributed by atoms with Crippen LogP contribution in [0.1, 0.15) is 40.0 Å². The molecule has 1 unspecified atom stereocenters. The van der Waals surface area contributed by atoms with E-state index in [1.165, 1.54) is 7.05 Å². The van der Waals surface area contributed by atoms with E-state index in [1.54, 1.807) is 13.8 Å². The minimum atomic E-state index is -1.06. The lowest BCUT2D eigenvalue weighted by atomic mass is 9.92. The van der Waals surface area contributed by atoms with Gasteiger partial charge in [0.05, 0.1) is 5.41 Å². The van der Waals surface area contributed by atoms with Crippen LogP contribution in [0, 0.1) is 5.41 Å². The van der Waals surface area contributed by atoms with Gasteiger partial charge < -0.3 is 21.1 Å². The first-order valence-corrected chi connectivity index (χ1v) is 6.74. The van der Waals surface area contributed by atoms with Crippen LogP contribution in [0.15, 0.2) is 0 Å². The van der Waals surface area contributed by atoms with E-state index in [-0.39, 0.29) is 12.5 Å². The monoisotopic (exact) mass is 287 g/mol. The molecule has 4 N–H and O–H groups in total. The van der Waals surface area contributed by atoms with Gasteiger partial charge in [0, 0.05) is 13.6 Å². The highest BCUT2D eigenvalue weighted by atomic mass is 16.4. The average molecular weight is 287 g/mol. The van der Waals surface area contributed by atoms with E-state index in [0.29, 0.717) is 6.42 Å².